The Hall–Kier alpha value is -2.10. The van der Waals surface area contributed by atoms with Gasteiger partial charge < -0.3 is 9.64 Å². The highest BCUT2D eigenvalue weighted by Gasteiger charge is 2.07. The maximum Gasteiger partial charge on any atom is 0.307 e. The van der Waals surface area contributed by atoms with Crippen molar-refractivity contribution < 1.29 is 14.3 Å². The van der Waals surface area contributed by atoms with E-state index in [9.17, 15) is 9.59 Å². The van der Waals surface area contributed by atoms with E-state index in [-0.39, 0.29) is 18.3 Å². The average molecular weight is 261 g/mol. The fourth-order valence-electron chi connectivity index (χ4n) is 1.54. The zero-order valence-corrected chi connectivity index (χ0v) is 11.6. The first-order valence-corrected chi connectivity index (χ1v) is 6.09. The number of esters is 1. The third-order valence-electron chi connectivity index (χ3n) is 2.72. The van der Waals surface area contributed by atoms with Gasteiger partial charge in [-0.2, -0.15) is 0 Å². The number of benzene rings is 1. The van der Waals surface area contributed by atoms with Crippen LogP contribution in [0.2, 0.25) is 0 Å². The van der Waals surface area contributed by atoms with E-state index in [1.165, 1.54) is 18.1 Å². The van der Waals surface area contributed by atoms with Crippen molar-refractivity contribution in [2.45, 2.75) is 13.3 Å². The van der Waals surface area contributed by atoms with Gasteiger partial charge in [0.25, 0.3) is 0 Å². The molecule has 0 N–H and O–H groups in total. The third kappa shape index (κ3) is 5.38. The zero-order valence-electron chi connectivity index (χ0n) is 11.6. The third-order valence-corrected chi connectivity index (χ3v) is 2.72. The lowest BCUT2D eigenvalue weighted by atomic mass is 10.1. The summed E-state index contributed by atoms with van der Waals surface area (Å²) in [6.45, 7) is 2.35. The molecule has 0 heterocycles. The van der Waals surface area contributed by atoms with Crippen LogP contribution in [0.1, 0.15) is 17.5 Å². The van der Waals surface area contributed by atoms with Crippen LogP contribution in [0.5, 0.6) is 0 Å². The fourth-order valence-corrected chi connectivity index (χ4v) is 1.54. The quantitative estimate of drug-likeness (QED) is 0.602. The van der Waals surface area contributed by atoms with Gasteiger partial charge in [-0.15, -0.1) is 0 Å². The predicted octanol–water partition coefficient (Wildman–Crippen LogP) is 2.03. The van der Waals surface area contributed by atoms with Crippen LogP contribution in [0.25, 0.3) is 6.08 Å². The van der Waals surface area contributed by atoms with Gasteiger partial charge in [0.2, 0.25) is 5.91 Å². The molecule has 0 radical (unpaired) electrons. The minimum Gasteiger partial charge on any atom is -0.469 e. The molecule has 1 rings (SSSR count). The van der Waals surface area contributed by atoms with E-state index in [0.717, 1.165) is 11.1 Å². The Labute approximate surface area is 113 Å². The number of hydrogen-bond acceptors (Lipinski definition) is 3. The van der Waals surface area contributed by atoms with E-state index in [2.05, 4.69) is 4.74 Å². The van der Waals surface area contributed by atoms with E-state index in [4.69, 9.17) is 0 Å². The summed E-state index contributed by atoms with van der Waals surface area (Å²) in [6.07, 6.45) is 3.48. The van der Waals surface area contributed by atoms with Gasteiger partial charge in [-0.25, -0.2) is 0 Å². The first-order chi connectivity index (χ1) is 9.02. The van der Waals surface area contributed by atoms with Gasteiger partial charge in [0, 0.05) is 19.7 Å². The molecule has 0 atom stereocenters. The number of aryl methyl sites for hydroxylation is 1. The average Bonchev–Trinajstić information content (AvgIpc) is 2.41. The van der Waals surface area contributed by atoms with Crippen molar-refractivity contribution in [3.8, 4) is 0 Å². The summed E-state index contributed by atoms with van der Waals surface area (Å²) in [5.41, 5.74) is 2.13. The number of amides is 1. The van der Waals surface area contributed by atoms with Crippen LogP contribution < -0.4 is 0 Å². The van der Waals surface area contributed by atoms with E-state index in [1.54, 1.807) is 13.1 Å². The summed E-state index contributed by atoms with van der Waals surface area (Å²) in [5.74, 6) is -0.451. The summed E-state index contributed by atoms with van der Waals surface area (Å²) in [7, 11) is 2.99. The van der Waals surface area contributed by atoms with Crippen LogP contribution in [0.15, 0.2) is 30.3 Å². The van der Waals surface area contributed by atoms with Gasteiger partial charge in [0.1, 0.15) is 0 Å². The number of hydrogen-bond donors (Lipinski definition) is 0. The van der Waals surface area contributed by atoms with Crippen LogP contribution in [0.4, 0.5) is 0 Å². The van der Waals surface area contributed by atoms with Crippen LogP contribution in [-0.2, 0) is 14.3 Å². The number of carbonyl (C=O) groups excluding carboxylic acids is 2. The first kappa shape index (κ1) is 15.0. The van der Waals surface area contributed by atoms with Gasteiger partial charge in [-0.3, -0.25) is 9.59 Å². The number of rotatable bonds is 5. The molecule has 0 fully saturated rings. The Kier molecular flexibility index (Phi) is 5.79. The molecular formula is C15H19NO3. The lowest BCUT2D eigenvalue weighted by molar-refractivity contribution is -0.141. The van der Waals surface area contributed by atoms with E-state index >= 15 is 0 Å². The molecule has 0 aromatic heterocycles. The summed E-state index contributed by atoms with van der Waals surface area (Å²) in [4.78, 5) is 24.3. The summed E-state index contributed by atoms with van der Waals surface area (Å²) < 4.78 is 4.53. The summed E-state index contributed by atoms with van der Waals surface area (Å²) >= 11 is 0. The Balaban J connectivity index is 2.52. The van der Waals surface area contributed by atoms with Crippen molar-refractivity contribution in [3.05, 3.63) is 41.5 Å². The van der Waals surface area contributed by atoms with Crippen LogP contribution in [-0.4, -0.2) is 37.5 Å². The maximum absolute atomic E-state index is 11.8. The lowest BCUT2D eigenvalue weighted by Crippen LogP contribution is -2.27. The minimum atomic E-state index is -0.317. The molecule has 19 heavy (non-hydrogen) atoms. The number of carbonyl (C=O) groups is 2. The topological polar surface area (TPSA) is 46.6 Å². The molecule has 102 valence electrons. The number of nitrogens with zero attached hydrogens (tertiary/aromatic N) is 1. The van der Waals surface area contributed by atoms with Gasteiger partial charge in [-0.1, -0.05) is 29.8 Å². The number of ether oxygens (including phenoxy) is 1. The normalized spacial score (nSPS) is 10.5. The molecule has 1 aromatic rings. The fraction of sp³-hybridized carbons (Fsp3) is 0.333. The summed E-state index contributed by atoms with van der Waals surface area (Å²) in [5, 5.41) is 0. The second-order valence-corrected chi connectivity index (χ2v) is 4.33. The molecule has 1 aromatic carbocycles. The SMILES string of the molecule is COC(=O)CCN(C)C(=O)C=Cc1cccc(C)c1. The highest BCUT2D eigenvalue weighted by Crippen LogP contribution is 2.06. The predicted molar refractivity (Wildman–Crippen MR) is 74.5 cm³/mol. The molecule has 0 aliphatic carbocycles. The van der Waals surface area contributed by atoms with E-state index in [1.807, 2.05) is 31.2 Å². The highest BCUT2D eigenvalue weighted by atomic mass is 16.5. The Morgan fingerprint density at radius 3 is 2.74 bits per heavy atom. The molecule has 0 spiro atoms. The molecule has 0 saturated heterocycles. The Morgan fingerprint density at radius 1 is 1.37 bits per heavy atom. The molecular weight excluding hydrogens is 242 g/mol. The van der Waals surface area contributed by atoms with Crippen molar-refractivity contribution in [1.82, 2.24) is 4.90 Å². The monoisotopic (exact) mass is 261 g/mol. The molecule has 4 heteroatoms. The molecule has 4 nitrogen and oxygen atoms in total. The lowest BCUT2D eigenvalue weighted by Gasteiger charge is -2.13. The second-order valence-electron chi connectivity index (χ2n) is 4.33. The Bertz CT molecular complexity index is 480. The van der Waals surface area contributed by atoms with Gasteiger partial charge in [0.05, 0.1) is 13.5 Å². The highest BCUT2D eigenvalue weighted by molar-refractivity contribution is 5.91. The first-order valence-electron chi connectivity index (χ1n) is 6.09. The van der Waals surface area contributed by atoms with Crippen molar-refractivity contribution in [2.24, 2.45) is 0 Å². The van der Waals surface area contributed by atoms with E-state index < -0.39 is 0 Å². The smallest absolute Gasteiger partial charge is 0.307 e. The maximum atomic E-state index is 11.8. The minimum absolute atomic E-state index is 0.134. The van der Waals surface area contributed by atoms with Crippen LogP contribution in [0, 0.1) is 6.92 Å². The van der Waals surface area contributed by atoms with Crippen molar-refractivity contribution in [3.63, 3.8) is 0 Å². The second kappa shape index (κ2) is 7.36. The molecule has 0 aliphatic heterocycles. The van der Waals surface area contributed by atoms with Gasteiger partial charge >= 0.3 is 5.97 Å². The van der Waals surface area contributed by atoms with Gasteiger partial charge in [0.15, 0.2) is 0 Å². The zero-order chi connectivity index (χ0) is 14.3. The van der Waals surface area contributed by atoms with Crippen LogP contribution in [0.3, 0.4) is 0 Å². The standard InChI is InChI=1S/C15H19NO3/c1-12-5-4-6-13(11-12)7-8-14(17)16(2)10-9-15(18)19-3/h4-8,11H,9-10H2,1-3H3. The van der Waals surface area contributed by atoms with Crippen molar-refractivity contribution >= 4 is 18.0 Å². The van der Waals surface area contributed by atoms with E-state index in [0.29, 0.717) is 6.54 Å². The Morgan fingerprint density at radius 2 is 2.11 bits per heavy atom. The van der Waals surface area contributed by atoms with Crippen molar-refractivity contribution in [1.29, 1.82) is 0 Å². The molecule has 1 amide bonds. The number of likely N-dealkylation sites (N-methyl/N-ethyl adjacent to an activating group) is 1. The van der Waals surface area contributed by atoms with Crippen LogP contribution >= 0.6 is 0 Å². The van der Waals surface area contributed by atoms with Gasteiger partial charge in [-0.05, 0) is 18.6 Å². The number of methoxy groups -OCH3 is 1. The molecule has 0 saturated carbocycles. The van der Waals surface area contributed by atoms with Crippen molar-refractivity contribution in [2.75, 3.05) is 20.7 Å². The summed E-state index contributed by atoms with van der Waals surface area (Å²) in [6, 6.07) is 7.88. The molecule has 0 bridgehead atoms. The molecule has 0 aliphatic rings. The largest absolute Gasteiger partial charge is 0.469 e. The molecule has 0 unspecified atom stereocenters.